The van der Waals surface area contributed by atoms with Crippen LogP contribution in [0.1, 0.15) is 40.4 Å². The third-order valence-electron chi connectivity index (χ3n) is 4.70. The van der Waals surface area contributed by atoms with Gasteiger partial charge in [0.05, 0.1) is 6.04 Å². The molecule has 0 bridgehead atoms. The first-order chi connectivity index (χ1) is 12.1. The van der Waals surface area contributed by atoms with Crippen molar-refractivity contribution >= 4 is 16.9 Å². The zero-order chi connectivity index (χ0) is 17.4. The van der Waals surface area contributed by atoms with Crippen LogP contribution in [-0.2, 0) is 0 Å². The van der Waals surface area contributed by atoms with Gasteiger partial charge in [-0.05, 0) is 43.4 Å². The van der Waals surface area contributed by atoms with Crippen LogP contribution in [0.3, 0.4) is 0 Å². The van der Waals surface area contributed by atoms with Gasteiger partial charge in [0, 0.05) is 5.39 Å². The van der Waals surface area contributed by atoms with Crippen molar-refractivity contribution in [3.05, 3.63) is 81.7 Å². The zero-order valence-corrected chi connectivity index (χ0v) is 14.0. The first-order valence-electron chi connectivity index (χ1n) is 8.52. The van der Waals surface area contributed by atoms with Crippen LogP contribution in [0.15, 0.2) is 63.8 Å². The van der Waals surface area contributed by atoms with Gasteiger partial charge in [-0.15, -0.1) is 0 Å². The predicted octanol–water partition coefficient (Wildman–Crippen LogP) is 3.98. The Morgan fingerprint density at radius 3 is 2.56 bits per heavy atom. The predicted molar refractivity (Wildman–Crippen MR) is 96.6 cm³/mol. The van der Waals surface area contributed by atoms with Gasteiger partial charge in [0.1, 0.15) is 11.1 Å². The summed E-state index contributed by atoms with van der Waals surface area (Å²) in [5, 5.41) is 3.78. The average Bonchev–Trinajstić information content (AvgIpc) is 3.45. The van der Waals surface area contributed by atoms with Gasteiger partial charge in [-0.25, -0.2) is 4.79 Å². The van der Waals surface area contributed by atoms with E-state index in [2.05, 4.69) is 5.32 Å². The molecule has 1 aliphatic rings. The normalized spacial score (nSPS) is 15.1. The molecule has 1 heterocycles. The van der Waals surface area contributed by atoms with Gasteiger partial charge in [-0.2, -0.15) is 0 Å². The van der Waals surface area contributed by atoms with E-state index < -0.39 is 5.63 Å². The summed E-state index contributed by atoms with van der Waals surface area (Å²) in [6.45, 7) is 2.04. The van der Waals surface area contributed by atoms with Gasteiger partial charge in [-0.1, -0.05) is 48.0 Å². The number of para-hydroxylation sites is 1. The molecule has 1 saturated carbocycles. The fraction of sp³-hybridized carbons (Fsp3) is 0.238. The van der Waals surface area contributed by atoms with E-state index in [1.54, 1.807) is 18.2 Å². The number of carbonyl (C=O) groups is 1. The molecule has 1 aliphatic carbocycles. The number of fused-ring (bicyclic) bond motifs is 1. The monoisotopic (exact) mass is 333 g/mol. The lowest BCUT2D eigenvalue weighted by Gasteiger charge is -2.19. The Hall–Kier alpha value is -2.88. The van der Waals surface area contributed by atoms with Crippen molar-refractivity contribution in [2.24, 2.45) is 5.92 Å². The molecule has 126 valence electrons. The Morgan fingerprint density at radius 1 is 1.12 bits per heavy atom. The highest BCUT2D eigenvalue weighted by Gasteiger charge is 2.34. The largest absolute Gasteiger partial charge is 0.422 e. The Kier molecular flexibility index (Phi) is 3.88. The first kappa shape index (κ1) is 15.6. The highest BCUT2D eigenvalue weighted by molar-refractivity contribution is 5.96. The number of aryl methyl sites for hydroxylation is 1. The molecule has 3 aromatic rings. The summed E-state index contributed by atoms with van der Waals surface area (Å²) in [4.78, 5) is 24.9. The Morgan fingerprint density at radius 2 is 1.84 bits per heavy atom. The lowest BCUT2D eigenvalue weighted by Crippen LogP contribution is -2.33. The first-order valence-corrected chi connectivity index (χ1v) is 8.52. The van der Waals surface area contributed by atoms with Crippen LogP contribution in [0.25, 0.3) is 11.0 Å². The van der Waals surface area contributed by atoms with Crippen molar-refractivity contribution < 1.29 is 9.21 Å². The zero-order valence-electron chi connectivity index (χ0n) is 14.0. The smallest absolute Gasteiger partial charge is 0.349 e. The summed E-state index contributed by atoms with van der Waals surface area (Å²) in [7, 11) is 0. The number of hydrogen-bond acceptors (Lipinski definition) is 3. The average molecular weight is 333 g/mol. The summed E-state index contributed by atoms with van der Waals surface area (Å²) >= 11 is 0. The Balaban J connectivity index is 1.65. The molecule has 0 aliphatic heterocycles. The van der Waals surface area contributed by atoms with Gasteiger partial charge < -0.3 is 9.73 Å². The molecule has 4 rings (SSSR count). The van der Waals surface area contributed by atoms with Crippen LogP contribution in [0.5, 0.6) is 0 Å². The van der Waals surface area contributed by atoms with Crippen LogP contribution in [-0.4, -0.2) is 5.91 Å². The summed E-state index contributed by atoms with van der Waals surface area (Å²) in [5.74, 6) is 0.0520. The third-order valence-corrected chi connectivity index (χ3v) is 4.70. The molecule has 0 radical (unpaired) electrons. The fourth-order valence-corrected chi connectivity index (χ4v) is 3.12. The van der Waals surface area contributed by atoms with Crippen LogP contribution >= 0.6 is 0 Å². The van der Waals surface area contributed by atoms with E-state index in [4.69, 9.17) is 4.42 Å². The van der Waals surface area contributed by atoms with Gasteiger partial charge in [-0.3, -0.25) is 4.79 Å². The summed E-state index contributed by atoms with van der Waals surface area (Å²) in [6, 6.07) is 16.9. The Labute approximate surface area is 145 Å². The topological polar surface area (TPSA) is 59.3 Å². The van der Waals surface area contributed by atoms with E-state index in [0.29, 0.717) is 11.5 Å². The van der Waals surface area contributed by atoms with Crippen molar-refractivity contribution in [3.63, 3.8) is 0 Å². The molecule has 0 saturated heterocycles. The molecule has 4 nitrogen and oxygen atoms in total. The highest BCUT2D eigenvalue weighted by atomic mass is 16.4. The fourth-order valence-electron chi connectivity index (χ4n) is 3.12. The number of carbonyl (C=O) groups excluding carboxylic acids is 1. The number of benzene rings is 2. The van der Waals surface area contributed by atoms with Gasteiger partial charge in [0.25, 0.3) is 5.91 Å². The SMILES string of the molecule is Cc1ccc(C(NC(=O)c2cc3ccccc3oc2=O)C2CC2)cc1. The van der Waals surface area contributed by atoms with E-state index in [-0.39, 0.29) is 17.5 Å². The Bertz CT molecular complexity index is 984. The maximum absolute atomic E-state index is 12.7. The van der Waals surface area contributed by atoms with Crippen molar-refractivity contribution in [3.8, 4) is 0 Å². The molecule has 1 amide bonds. The summed E-state index contributed by atoms with van der Waals surface area (Å²) < 4.78 is 5.28. The van der Waals surface area contributed by atoms with E-state index in [1.807, 2.05) is 43.3 Å². The molecule has 1 N–H and O–H groups in total. The van der Waals surface area contributed by atoms with Crippen LogP contribution in [0, 0.1) is 12.8 Å². The lowest BCUT2D eigenvalue weighted by molar-refractivity contribution is 0.0928. The van der Waals surface area contributed by atoms with Crippen molar-refractivity contribution in [2.75, 3.05) is 0 Å². The molecule has 4 heteroatoms. The minimum absolute atomic E-state index is 0.0523. The van der Waals surface area contributed by atoms with Crippen molar-refractivity contribution in [1.82, 2.24) is 5.32 Å². The molecular formula is C21H19NO3. The minimum atomic E-state index is -0.602. The van der Waals surface area contributed by atoms with Crippen LogP contribution < -0.4 is 10.9 Å². The molecule has 1 aromatic heterocycles. The van der Waals surface area contributed by atoms with Gasteiger partial charge in [0.2, 0.25) is 0 Å². The number of amides is 1. The molecule has 0 spiro atoms. The second-order valence-corrected chi connectivity index (χ2v) is 6.68. The molecule has 1 fully saturated rings. The molecule has 2 aromatic carbocycles. The van der Waals surface area contributed by atoms with Crippen LogP contribution in [0.2, 0.25) is 0 Å². The van der Waals surface area contributed by atoms with Crippen molar-refractivity contribution in [1.29, 1.82) is 0 Å². The number of rotatable bonds is 4. The standard InChI is InChI=1S/C21H19NO3/c1-13-6-8-14(9-7-13)19(15-10-11-15)22-20(23)17-12-16-4-2-3-5-18(16)25-21(17)24/h2-9,12,15,19H,10-11H2,1H3,(H,22,23). The molecule has 1 unspecified atom stereocenters. The quantitative estimate of drug-likeness (QED) is 0.735. The van der Waals surface area contributed by atoms with E-state index in [9.17, 15) is 9.59 Å². The maximum atomic E-state index is 12.7. The summed E-state index contributed by atoms with van der Waals surface area (Å²) in [5.41, 5.74) is 2.19. The second-order valence-electron chi connectivity index (χ2n) is 6.68. The molecule has 25 heavy (non-hydrogen) atoms. The van der Waals surface area contributed by atoms with Gasteiger partial charge in [0.15, 0.2) is 0 Å². The van der Waals surface area contributed by atoms with E-state index in [0.717, 1.165) is 23.8 Å². The number of hydrogen-bond donors (Lipinski definition) is 1. The third kappa shape index (κ3) is 3.20. The highest BCUT2D eigenvalue weighted by Crippen LogP contribution is 2.41. The van der Waals surface area contributed by atoms with Gasteiger partial charge >= 0.3 is 5.63 Å². The van der Waals surface area contributed by atoms with Crippen LogP contribution in [0.4, 0.5) is 0 Å². The van der Waals surface area contributed by atoms with E-state index >= 15 is 0 Å². The van der Waals surface area contributed by atoms with Crippen molar-refractivity contribution in [2.45, 2.75) is 25.8 Å². The lowest BCUT2D eigenvalue weighted by atomic mass is 10.0. The molecular weight excluding hydrogens is 314 g/mol. The number of nitrogens with one attached hydrogen (secondary N) is 1. The molecule has 1 atom stereocenters. The summed E-state index contributed by atoms with van der Waals surface area (Å²) in [6.07, 6.45) is 2.18. The second kappa shape index (κ2) is 6.20. The maximum Gasteiger partial charge on any atom is 0.349 e. The van der Waals surface area contributed by atoms with E-state index in [1.165, 1.54) is 5.56 Å². The minimum Gasteiger partial charge on any atom is -0.422 e.